The van der Waals surface area contributed by atoms with Gasteiger partial charge in [-0.3, -0.25) is 10.1 Å². The summed E-state index contributed by atoms with van der Waals surface area (Å²) in [6.45, 7) is 2.18. The number of benzene rings is 3. The van der Waals surface area contributed by atoms with Gasteiger partial charge < -0.3 is 0 Å². The second-order valence-electron chi connectivity index (χ2n) is 7.67. The molecule has 2 aliphatic rings. The summed E-state index contributed by atoms with van der Waals surface area (Å²) in [7, 11) is 0. The molecule has 0 unspecified atom stereocenters. The van der Waals surface area contributed by atoms with Gasteiger partial charge in [0.1, 0.15) is 0 Å². The molecule has 3 aromatic carbocycles. The van der Waals surface area contributed by atoms with Crippen molar-refractivity contribution >= 4 is 17.3 Å². The number of hydrogen-bond acceptors (Lipinski definition) is 2. The first-order valence-corrected chi connectivity index (χ1v) is 9.83. The van der Waals surface area contributed by atoms with Crippen molar-refractivity contribution in [2.45, 2.75) is 32.6 Å². The average Bonchev–Trinajstić information content (AvgIpc) is 2.72. The van der Waals surface area contributed by atoms with Crippen LogP contribution < -0.4 is 10.4 Å². The van der Waals surface area contributed by atoms with E-state index in [2.05, 4.69) is 43.3 Å². The molecule has 0 saturated heterocycles. The first-order valence-electron chi connectivity index (χ1n) is 9.83. The van der Waals surface area contributed by atoms with Crippen LogP contribution in [-0.2, 0) is 12.8 Å². The Labute approximate surface area is 163 Å². The maximum atomic E-state index is 11.4. The predicted octanol–water partition coefficient (Wildman–Crippen LogP) is 4.06. The molecule has 28 heavy (non-hydrogen) atoms. The first-order chi connectivity index (χ1) is 13.6. The van der Waals surface area contributed by atoms with Crippen LogP contribution in [0.5, 0.6) is 0 Å². The van der Waals surface area contributed by atoms with E-state index in [4.69, 9.17) is 0 Å². The lowest BCUT2D eigenvalue weighted by Crippen LogP contribution is -2.24. The van der Waals surface area contributed by atoms with Gasteiger partial charge in [-0.1, -0.05) is 54.6 Å². The third-order valence-corrected chi connectivity index (χ3v) is 6.16. The van der Waals surface area contributed by atoms with Gasteiger partial charge in [-0.05, 0) is 76.1 Å². The number of non-ortho nitro benzene ring substituents is 1. The summed E-state index contributed by atoms with van der Waals surface area (Å²) in [5, 5.41) is 15.7. The van der Waals surface area contributed by atoms with Gasteiger partial charge in [0.05, 0.1) is 10.1 Å². The number of rotatable bonds is 2. The van der Waals surface area contributed by atoms with Gasteiger partial charge in [-0.2, -0.15) is 0 Å². The Balaban J connectivity index is 1.89. The zero-order valence-corrected chi connectivity index (χ0v) is 15.9. The van der Waals surface area contributed by atoms with Crippen molar-refractivity contribution in [2.24, 2.45) is 0 Å². The average molecular weight is 367 g/mol. The van der Waals surface area contributed by atoms with Crippen molar-refractivity contribution in [1.82, 2.24) is 0 Å². The first kappa shape index (κ1) is 16.9. The Hall–Kier alpha value is -3.20. The molecule has 3 heteroatoms. The Kier molecular flexibility index (Phi) is 3.90. The van der Waals surface area contributed by atoms with Crippen molar-refractivity contribution in [3.8, 4) is 0 Å². The van der Waals surface area contributed by atoms with Crippen LogP contribution in [0.1, 0.15) is 35.1 Å². The molecule has 0 N–H and O–H groups in total. The van der Waals surface area contributed by atoms with Crippen molar-refractivity contribution in [3.05, 3.63) is 108 Å². The summed E-state index contributed by atoms with van der Waals surface area (Å²) < 4.78 is 0. The standard InChI is InChI=1S/C25H21NO2/c1-16-6-2-3-7-17(16)18-8-4-9-19-21(18)12-13-23-20-10-5-11-25(26(27)28)24(20)15-14-22(19)23/h2-3,5-7,10-13,15H,4,8-9,14H2,1H3. The second-order valence-corrected chi connectivity index (χ2v) is 7.67. The summed E-state index contributed by atoms with van der Waals surface area (Å²) in [6.07, 6.45) is 6.12. The van der Waals surface area contributed by atoms with Crippen LogP contribution in [0.2, 0.25) is 0 Å². The van der Waals surface area contributed by atoms with E-state index in [0.717, 1.165) is 41.3 Å². The summed E-state index contributed by atoms with van der Waals surface area (Å²) in [6, 6.07) is 18.4. The molecule has 3 nitrogen and oxygen atoms in total. The van der Waals surface area contributed by atoms with Gasteiger partial charge in [-0.15, -0.1) is 0 Å². The molecule has 0 atom stereocenters. The SMILES string of the molecule is Cc1ccccc1C1=c2ccc3c(c2CCC1)CC=c1c([N+](=O)[O-])cccc1=3. The molecule has 0 spiro atoms. The van der Waals surface area contributed by atoms with E-state index >= 15 is 0 Å². The highest BCUT2D eigenvalue weighted by atomic mass is 16.6. The Morgan fingerprint density at radius 2 is 1.68 bits per heavy atom. The minimum atomic E-state index is -0.275. The van der Waals surface area contributed by atoms with E-state index in [-0.39, 0.29) is 10.6 Å². The smallest absolute Gasteiger partial charge is 0.258 e. The molecule has 0 saturated carbocycles. The van der Waals surface area contributed by atoms with Crippen LogP contribution in [0, 0.1) is 27.5 Å². The molecule has 138 valence electrons. The summed E-state index contributed by atoms with van der Waals surface area (Å²) in [4.78, 5) is 11.2. The number of aryl methyl sites for hydroxylation is 1. The van der Waals surface area contributed by atoms with Gasteiger partial charge in [0.2, 0.25) is 0 Å². The Bertz CT molecular complexity index is 1350. The summed E-state index contributed by atoms with van der Waals surface area (Å²) >= 11 is 0. The fourth-order valence-corrected chi connectivity index (χ4v) is 4.88. The van der Waals surface area contributed by atoms with Crippen LogP contribution in [-0.4, -0.2) is 4.92 Å². The minimum Gasteiger partial charge on any atom is -0.258 e. The van der Waals surface area contributed by atoms with E-state index in [1.807, 2.05) is 12.1 Å². The van der Waals surface area contributed by atoms with E-state index in [1.54, 1.807) is 12.1 Å². The molecule has 2 aliphatic carbocycles. The maximum absolute atomic E-state index is 11.4. The zero-order chi connectivity index (χ0) is 19.3. The van der Waals surface area contributed by atoms with E-state index in [0.29, 0.717) is 0 Å². The van der Waals surface area contributed by atoms with Crippen LogP contribution in [0.25, 0.3) is 11.6 Å². The Morgan fingerprint density at radius 3 is 2.50 bits per heavy atom. The van der Waals surface area contributed by atoms with E-state index in [1.165, 1.54) is 33.0 Å². The topological polar surface area (TPSA) is 43.1 Å². The fraction of sp³-hybridized carbons (Fsp3) is 0.200. The molecule has 0 fully saturated rings. The molecule has 0 aromatic heterocycles. The minimum absolute atomic E-state index is 0.202. The summed E-state index contributed by atoms with van der Waals surface area (Å²) in [5.41, 5.74) is 7.07. The number of nitro benzene ring substituents is 1. The molecule has 5 rings (SSSR count). The van der Waals surface area contributed by atoms with Crippen molar-refractivity contribution in [3.63, 3.8) is 0 Å². The lowest BCUT2D eigenvalue weighted by Gasteiger charge is -2.21. The lowest BCUT2D eigenvalue weighted by molar-refractivity contribution is -0.385. The molecule has 3 aromatic rings. The lowest BCUT2D eigenvalue weighted by atomic mass is 9.83. The Morgan fingerprint density at radius 1 is 0.857 bits per heavy atom. The van der Waals surface area contributed by atoms with Gasteiger partial charge in [0, 0.05) is 6.07 Å². The van der Waals surface area contributed by atoms with E-state index in [9.17, 15) is 10.1 Å². The van der Waals surface area contributed by atoms with E-state index < -0.39 is 0 Å². The second kappa shape index (κ2) is 6.45. The third-order valence-electron chi connectivity index (χ3n) is 6.16. The fourth-order valence-electron chi connectivity index (χ4n) is 4.88. The maximum Gasteiger partial charge on any atom is 0.276 e. The van der Waals surface area contributed by atoms with Gasteiger partial charge >= 0.3 is 0 Å². The zero-order valence-electron chi connectivity index (χ0n) is 15.9. The summed E-state index contributed by atoms with van der Waals surface area (Å²) in [5.74, 6) is 0. The highest BCUT2D eigenvalue weighted by Gasteiger charge is 2.19. The van der Waals surface area contributed by atoms with Gasteiger partial charge in [0.15, 0.2) is 0 Å². The molecular weight excluding hydrogens is 346 g/mol. The normalized spacial score (nSPS) is 14.5. The van der Waals surface area contributed by atoms with Gasteiger partial charge in [-0.25, -0.2) is 0 Å². The van der Waals surface area contributed by atoms with Crippen LogP contribution in [0.4, 0.5) is 5.69 Å². The number of nitrogens with zero attached hydrogens (tertiary/aromatic N) is 1. The molecule has 0 radical (unpaired) electrons. The molecule has 0 bridgehead atoms. The monoisotopic (exact) mass is 367 g/mol. The molecular formula is C25H21NO2. The molecule has 0 amide bonds. The molecule has 0 aliphatic heterocycles. The van der Waals surface area contributed by atoms with Crippen LogP contribution in [0.3, 0.4) is 0 Å². The quantitative estimate of drug-likeness (QED) is 0.506. The predicted molar refractivity (Wildman–Crippen MR) is 111 cm³/mol. The van der Waals surface area contributed by atoms with Crippen molar-refractivity contribution in [1.29, 1.82) is 0 Å². The molecule has 0 heterocycles. The highest BCUT2D eigenvalue weighted by molar-refractivity contribution is 5.70. The highest BCUT2D eigenvalue weighted by Crippen LogP contribution is 2.27. The third kappa shape index (κ3) is 2.50. The van der Waals surface area contributed by atoms with Crippen molar-refractivity contribution in [2.75, 3.05) is 0 Å². The number of nitro groups is 1. The van der Waals surface area contributed by atoms with Crippen LogP contribution in [0.15, 0.2) is 54.6 Å². The van der Waals surface area contributed by atoms with Crippen molar-refractivity contribution < 1.29 is 4.92 Å². The number of fused-ring (bicyclic) bond motifs is 4. The number of hydrogen-bond donors (Lipinski definition) is 0. The van der Waals surface area contributed by atoms with Gasteiger partial charge in [0.25, 0.3) is 5.69 Å². The largest absolute Gasteiger partial charge is 0.276 e. The van der Waals surface area contributed by atoms with Crippen LogP contribution >= 0.6 is 0 Å².